The van der Waals surface area contributed by atoms with E-state index in [1.165, 1.54) is 25.5 Å². The van der Waals surface area contributed by atoms with Gasteiger partial charge in [0.2, 0.25) is 0 Å². The Labute approximate surface area is 218 Å². The molecule has 0 bridgehead atoms. The van der Waals surface area contributed by atoms with Crippen molar-refractivity contribution in [3.63, 3.8) is 0 Å². The van der Waals surface area contributed by atoms with Crippen LogP contribution in [0.5, 0.6) is 0 Å². The van der Waals surface area contributed by atoms with Crippen molar-refractivity contribution in [2.75, 3.05) is 0 Å². The van der Waals surface area contributed by atoms with Crippen LogP contribution in [0.2, 0.25) is 0 Å². The van der Waals surface area contributed by atoms with Gasteiger partial charge in [0, 0.05) is 37.8 Å². The fourth-order valence-corrected chi connectivity index (χ4v) is 3.54. The third-order valence-corrected chi connectivity index (χ3v) is 5.03. The van der Waals surface area contributed by atoms with E-state index in [0.29, 0.717) is 0 Å². The molecule has 0 saturated heterocycles. The Hall–Kier alpha value is -3.79. The maximum absolute atomic E-state index is 10.0. The molecule has 0 atom stereocenters. The Morgan fingerprint density at radius 3 is 2.11 bits per heavy atom. The van der Waals surface area contributed by atoms with E-state index in [0.717, 1.165) is 39.2 Å². The summed E-state index contributed by atoms with van der Waals surface area (Å²) < 4.78 is 5.97. The summed E-state index contributed by atoms with van der Waals surface area (Å²) in [7, 11) is 0. The first-order chi connectivity index (χ1) is 16.5. The second-order valence-electron chi connectivity index (χ2n) is 7.81. The summed E-state index contributed by atoms with van der Waals surface area (Å²) in [5.41, 5.74) is 6.89. The molecule has 1 radical (unpaired) electrons. The molecule has 35 heavy (non-hydrogen) atoms. The van der Waals surface area contributed by atoms with Gasteiger partial charge in [0.05, 0.1) is 11.3 Å². The zero-order valence-corrected chi connectivity index (χ0v) is 21.8. The smallest absolute Gasteiger partial charge is 0.155 e. The number of carbonyl (C=O) groups excluding carboxylic acids is 1. The summed E-state index contributed by atoms with van der Waals surface area (Å²) in [6.07, 6.45) is 1.17. The number of carbonyl (C=O) groups is 1. The molecule has 0 fully saturated rings. The van der Waals surface area contributed by atoms with Crippen LogP contribution in [-0.2, 0) is 24.9 Å². The van der Waals surface area contributed by atoms with Crippen molar-refractivity contribution < 1.29 is 34.4 Å². The average Bonchev–Trinajstić information content (AvgIpc) is 3.28. The van der Waals surface area contributed by atoms with Gasteiger partial charge in [-0.15, -0.1) is 35.4 Å². The second-order valence-corrected chi connectivity index (χ2v) is 7.81. The standard InChI is InChI=1S/C25H16NO.C5H8O2.Ir/c1-3-8-18(9-4-1)20-12-7-13-21(16-20)22-14-15-24-23(26-22)17-25(27-24)19-10-5-2-6-11-19;1-4(6)3-5(2)7;/h1-12,14-17H;3,6H,1-2H3;/q-1;;/b;4-3-;. The predicted octanol–water partition coefficient (Wildman–Crippen LogP) is 7.66. The van der Waals surface area contributed by atoms with Crippen LogP contribution >= 0.6 is 0 Å². The number of aliphatic hydroxyl groups is 1. The van der Waals surface area contributed by atoms with Gasteiger partial charge in [-0.05, 0) is 31.2 Å². The molecule has 177 valence electrons. The van der Waals surface area contributed by atoms with Crippen LogP contribution in [-0.4, -0.2) is 15.9 Å². The summed E-state index contributed by atoms with van der Waals surface area (Å²) in [6.45, 7) is 2.85. The van der Waals surface area contributed by atoms with Gasteiger partial charge in [0.25, 0.3) is 0 Å². The van der Waals surface area contributed by atoms with Crippen molar-refractivity contribution in [1.82, 2.24) is 4.98 Å². The van der Waals surface area contributed by atoms with E-state index < -0.39 is 0 Å². The molecular formula is C30H24IrNO3-. The Morgan fingerprint density at radius 2 is 1.51 bits per heavy atom. The number of benzene rings is 3. The number of furan rings is 1. The zero-order chi connectivity index (χ0) is 23.9. The van der Waals surface area contributed by atoms with Crippen LogP contribution in [0.25, 0.3) is 44.8 Å². The van der Waals surface area contributed by atoms with E-state index in [2.05, 4.69) is 30.3 Å². The fraction of sp³-hybridized carbons (Fsp3) is 0.0667. The van der Waals surface area contributed by atoms with Crippen LogP contribution in [0.3, 0.4) is 0 Å². The largest absolute Gasteiger partial charge is 0.512 e. The molecule has 5 heteroatoms. The Bertz CT molecular complexity index is 1440. The van der Waals surface area contributed by atoms with Crippen molar-refractivity contribution in [1.29, 1.82) is 0 Å². The van der Waals surface area contributed by atoms with Gasteiger partial charge in [-0.2, -0.15) is 0 Å². The molecule has 0 amide bonds. The molecule has 0 aliphatic carbocycles. The van der Waals surface area contributed by atoms with Crippen LogP contribution in [0.1, 0.15) is 13.8 Å². The van der Waals surface area contributed by atoms with Crippen LogP contribution in [0.15, 0.2) is 113 Å². The molecule has 5 rings (SSSR count). The van der Waals surface area contributed by atoms with Crippen molar-refractivity contribution in [2.45, 2.75) is 13.8 Å². The zero-order valence-electron chi connectivity index (χ0n) is 19.4. The number of aliphatic hydroxyl groups excluding tert-OH is 1. The van der Waals surface area contributed by atoms with Crippen LogP contribution in [0.4, 0.5) is 0 Å². The van der Waals surface area contributed by atoms with E-state index in [-0.39, 0.29) is 31.6 Å². The minimum Gasteiger partial charge on any atom is -0.512 e. The third kappa shape index (κ3) is 6.86. The molecule has 0 aliphatic heterocycles. The van der Waals surface area contributed by atoms with E-state index in [9.17, 15) is 4.79 Å². The molecule has 5 aromatic rings. The molecule has 0 spiro atoms. The number of hydrogen-bond donors (Lipinski definition) is 1. The summed E-state index contributed by atoms with van der Waals surface area (Å²) in [5.74, 6) is 0.768. The number of aromatic nitrogens is 1. The normalized spacial score (nSPS) is 10.7. The van der Waals surface area contributed by atoms with Gasteiger partial charge in [0.15, 0.2) is 11.4 Å². The van der Waals surface area contributed by atoms with Crippen LogP contribution in [0, 0.1) is 6.07 Å². The van der Waals surface area contributed by atoms with Gasteiger partial charge >= 0.3 is 0 Å². The van der Waals surface area contributed by atoms with Crippen LogP contribution < -0.4 is 0 Å². The molecule has 2 heterocycles. The topological polar surface area (TPSA) is 63.3 Å². The van der Waals surface area contributed by atoms with Crippen molar-refractivity contribution >= 4 is 16.9 Å². The first kappa shape index (κ1) is 25.8. The molecular weight excluding hydrogens is 615 g/mol. The minimum atomic E-state index is -0.125. The number of allylic oxidation sites excluding steroid dienone is 2. The quantitative estimate of drug-likeness (QED) is 0.125. The van der Waals surface area contributed by atoms with E-state index in [4.69, 9.17) is 14.5 Å². The number of fused-ring (bicyclic) bond motifs is 1. The molecule has 1 N–H and O–H groups in total. The Balaban J connectivity index is 0.000000378. The SMILES string of the molecule is CC(=O)/C=C(/C)O.[Ir].[c-]1ccc(-c2ccccc2)cc1-c1ccc2oc(-c3ccccc3)cc2n1. The first-order valence-corrected chi connectivity index (χ1v) is 10.9. The Kier molecular flexibility index (Phi) is 8.91. The van der Waals surface area contributed by atoms with Gasteiger partial charge in [-0.25, -0.2) is 0 Å². The second kappa shape index (κ2) is 12.1. The maximum Gasteiger partial charge on any atom is 0.155 e. The molecule has 0 saturated carbocycles. The summed E-state index contributed by atoms with van der Waals surface area (Å²) in [4.78, 5) is 14.8. The van der Waals surface area contributed by atoms with Crippen molar-refractivity contribution in [3.8, 4) is 33.7 Å². The molecule has 0 aliphatic rings. The first-order valence-electron chi connectivity index (χ1n) is 10.9. The van der Waals surface area contributed by atoms with E-state index >= 15 is 0 Å². The fourth-order valence-electron chi connectivity index (χ4n) is 3.54. The molecule has 0 unspecified atom stereocenters. The summed E-state index contributed by atoms with van der Waals surface area (Å²) >= 11 is 0. The number of ketones is 1. The number of nitrogens with zero attached hydrogens (tertiary/aromatic N) is 1. The van der Waals surface area contributed by atoms with Gasteiger partial charge in [0.1, 0.15) is 5.76 Å². The average molecular weight is 639 g/mol. The van der Waals surface area contributed by atoms with E-state index in [1.807, 2.05) is 72.8 Å². The monoisotopic (exact) mass is 639 g/mol. The number of pyridine rings is 1. The molecule has 3 aromatic carbocycles. The summed E-state index contributed by atoms with van der Waals surface area (Å²) in [5, 5.41) is 8.36. The minimum absolute atomic E-state index is 0. The molecule has 4 nitrogen and oxygen atoms in total. The Morgan fingerprint density at radius 1 is 0.857 bits per heavy atom. The summed E-state index contributed by atoms with van der Waals surface area (Å²) in [6, 6.07) is 35.8. The van der Waals surface area contributed by atoms with Crippen molar-refractivity contribution in [2.24, 2.45) is 0 Å². The number of rotatable bonds is 4. The van der Waals surface area contributed by atoms with Gasteiger partial charge in [-0.3, -0.25) is 9.78 Å². The van der Waals surface area contributed by atoms with Gasteiger partial charge in [-0.1, -0.05) is 66.7 Å². The third-order valence-electron chi connectivity index (χ3n) is 5.03. The van der Waals surface area contributed by atoms with Crippen molar-refractivity contribution in [3.05, 3.63) is 115 Å². The predicted molar refractivity (Wildman–Crippen MR) is 136 cm³/mol. The van der Waals surface area contributed by atoms with Gasteiger partial charge < -0.3 is 9.52 Å². The molecule has 2 aromatic heterocycles. The van der Waals surface area contributed by atoms with E-state index in [1.54, 1.807) is 0 Å². The number of hydrogen-bond acceptors (Lipinski definition) is 4. The maximum atomic E-state index is 10.0.